The highest BCUT2D eigenvalue weighted by Crippen LogP contribution is 2.23. The molecule has 0 aliphatic rings. The summed E-state index contributed by atoms with van der Waals surface area (Å²) in [6.45, 7) is 0. The van der Waals surface area contributed by atoms with Crippen molar-refractivity contribution in [3.05, 3.63) is 29.5 Å². The number of aromatic nitrogens is 1. The van der Waals surface area contributed by atoms with E-state index in [9.17, 15) is 4.79 Å². The molecule has 5 heteroatoms. The van der Waals surface area contributed by atoms with Crippen LogP contribution in [0.25, 0.3) is 10.8 Å². The Hall–Kier alpha value is -1.62. The van der Waals surface area contributed by atoms with Crippen LogP contribution in [0.15, 0.2) is 28.2 Å². The predicted octanol–water partition coefficient (Wildman–Crippen LogP) is 2.42. The van der Waals surface area contributed by atoms with E-state index in [1.54, 1.807) is 11.3 Å². The molecule has 0 unspecified atom stereocenters. The maximum absolute atomic E-state index is 10.4. The van der Waals surface area contributed by atoms with Crippen LogP contribution in [-0.4, -0.2) is 16.1 Å². The van der Waals surface area contributed by atoms with Crippen LogP contribution in [0.4, 0.5) is 0 Å². The van der Waals surface area contributed by atoms with Gasteiger partial charge in [0.15, 0.2) is 0 Å². The van der Waals surface area contributed by atoms with Crippen LogP contribution in [0, 0.1) is 0 Å². The first kappa shape index (κ1) is 9.92. The van der Waals surface area contributed by atoms with E-state index in [0.717, 1.165) is 4.88 Å². The van der Waals surface area contributed by atoms with Crippen LogP contribution < -0.4 is 0 Å². The summed E-state index contributed by atoms with van der Waals surface area (Å²) in [5, 5.41) is 10.5. The second-order valence-corrected chi connectivity index (χ2v) is 3.96. The molecular weight excluding hydrogens is 214 g/mol. The monoisotopic (exact) mass is 223 g/mol. The molecule has 78 valence electrons. The van der Waals surface area contributed by atoms with Crippen LogP contribution in [-0.2, 0) is 11.2 Å². The van der Waals surface area contributed by atoms with Crippen LogP contribution in [0.1, 0.15) is 12.1 Å². The molecule has 0 aliphatic carbocycles. The van der Waals surface area contributed by atoms with Gasteiger partial charge in [0.1, 0.15) is 6.26 Å². The Bertz CT molecular complexity index is 447. The summed E-state index contributed by atoms with van der Waals surface area (Å²) >= 11 is 1.54. The Kier molecular flexibility index (Phi) is 2.82. The Morgan fingerprint density at radius 2 is 2.47 bits per heavy atom. The van der Waals surface area contributed by atoms with Crippen molar-refractivity contribution in [2.45, 2.75) is 12.8 Å². The number of hydrogen-bond acceptors (Lipinski definition) is 4. The molecule has 0 atom stereocenters. The molecule has 0 saturated carbocycles. The number of hydrogen-bond donors (Lipinski definition) is 1. The molecule has 2 heterocycles. The number of aryl methyl sites for hydroxylation is 1. The van der Waals surface area contributed by atoms with E-state index in [-0.39, 0.29) is 6.42 Å². The maximum Gasteiger partial charge on any atom is 0.303 e. The summed E-state index contributed by atoms with van der Waals surface area (Å²) in [7, 11) is 0. The van der Waals surface area contributed by atoms with Gasteiger partial charge in [0.25, 0.3) is 0 Å². The summed E-state index contributed by atoms with van der Waals surface area (Å²) in [4.78, 5) is 15.5. The molecule has 2 rings (SSSR count). The number of carboxylic acid groups (broad SMARTS) is 1. The molecule has 0 saturated heterocycles. The Morgan fingerprint density at radius 3 is 3.13 bits per heavy atom. The zero-order valence-electron chi connectivity index (χ0n) is 7.84. The molecule has 1 N–H and O–H groups in total. The standard InChI is InChI=1S/C10H9NO3S/c12-9(13)4-3-7-6-14-10(11-7)8-2-1-5-15-8/h1-2,5-6H,3-4H2,(H,12,13). The van der Waals surface area contributed by atoms with E-state index in [0.29, 0.717) is 18.0 Å². The molecule has 0 spiro atoms. The largest absolute Gasteiger partial charge is 0.481 e. The highest BCUT2D eigenvalue weighted by atomic mass is 32.1. The molecule has 2 aromatic heterocycles. The van der Waals surface area contributed by atoms with Gasteiger partial charge in [-0.25, -0.2) is 4.98 Å². The summed E-state index contributed by atoms with van der Waals surface area (Å²) < 4.78 is 5.25. The molecule has 0 amide bonds. The molecule has 15 heavy (non-hydrogen) atoms. The first-order chi connectivity index (χ1) is 7.25. The van der Waals surface area contributed by atoms with Gasteiger partial charge >= 0.3 is 5.97 Å². The van der Waals surface area contributed by atoms with E-state index in [2.05, 4.69) is 4.98 Å². The lowest BCUT2D eigenvalue weighted by molar-refractivity contribution is -0.136. The third-order valence-corrected chi connectivity index (χ3v) is 2.74. The first-order valence-electron chi connectivity index (χ1n) is 4.46. The molecule has 0 bridgehead atoms. The lowest BCUT2D eigenvalue weighted by atomic mass is 10.2. The number of aliphatic carboxylic acids is 1. The highest BCUT2D eigenvalue weighted by molar-refractivity contribution is 7.13. The van der Waals surface area contributed by atoms with Crippen molar-refractivity contribution in [1.82, 2.24) is 4.98 Å². The van der Waals surface area contributed by atoms with E-state index >= 15 is 0 Å². The maximum atomic E-state index is 10.4. The number of thiophene rings is 1. The average molecular weight is 223 g/mol. The third-order valence-electron chi connectivity index (χ3n) is 1.88. The smallest absolute Gasteiger partial charge is 0.303 e. The first-order valence-corrected chi connectivity index (χ1v) is 5.34. The van der Waals surface area contributed by atoms with Gasteiger partial charge in [-0.05, 0) is 11.4 Å². The fraction of sp³-hybridized carbons (Fsp3) is 0.200. The van der Waals surface area contributed by atoms with Crippen molar-refractivity contribution in [1.29, 1.82) is 0 Å². The molecule has 0 radical (unpaired) electrons. The Morgan fingerprint density at radius 1 is 1.60 bits per heavy atom. The fourth-order valence-corrected chi connectivity index (χ4v) is 1.83. The molecular formula is C10H9NO3S. The lowest BCUT2D eigenvalue weighted by Crippen LogP contribution is -1.97. The average Bonchev–Trinajstić information content (AvgIpc) is 2.85. The van der Waals surface area contributed by atoms with Crippen LogP contribution in [0.3, 0.4) is 0 Å². The zero-order valence-corrected chi connectivity index (χ0v) is 8.66. The van der Waals surface area contributed by atoms with E-state index in [1.165, 1.54) is 6.26 Å². The van der Waals surface area contributed by atoms with Gasteiger partial charge in [0.2, 0.25) is 5.89 Å². The normalized spacial score (nSPS) is 10.4. The van der Waals surface area contributed by atoms with Gasteiger partial charge < -0.3 is 9.52 Å². The minimum absolute atomic E-state index is 0.0798. The number of carboxylic acids is 1. The zero-order chi connectivity index (χ0) is 10.7. The predicted molar refractivity (Wildman–Crippen MR) is 55.8 cm³/mol. The van der Waals surface area contributed by atoms with Crippen LogP contribution in [0.2, 0.25) is 0 Å². The third kappa shape index (κ3) is 2.44. The molecule has 2 aromatic rings. The quantitative estimate of drug-likeness (QED) is 0.864. The summed E-state index contributed by atoms with van der Waals surface area (Å²) in [6, 6.07) is 3.83. The Balaban J connectivity index is 2.08. The lowest BCUT2D eigenvalue weighted by Gasteiger charge is -1.89. The fourth-order valence-electron chi connectivity index (χ4n) is 1.17. The van der Waals surface area contributed by atoms with Crippen molar-refractivity contribution in [3.8, 4) is 10.8 Å². The molecule has 0 fully saturated rings. The van der Waals surface area contributed by atoms with Crippen molar-refractivity contribution in [2.75, 3.05) is 0 Å². The Labute approximate surface area is 90.2 Å². The number of nitrogens with zero attached hydrogens (tertiary/aromatic N) is 1. The van der Waals surface area contributed by atoms with Crippen molar-refractivity contribution < 1.29 is 14.3 Å². The SMILES string of the molecule is O=C(O)CCc1coc(-c2cccs2)n1. The van der Waals surface area contributed by atoms with Gasteiger partial charge in [-0.3, -0.25) is 4.79 Å². The molecule has 0 aliphatic heterocycles. The molecule has 0 aromatic carbocycles. The molecule has 4 nitrogen and oxygen atoms in total. The van der Waals surface area contributed by atoms with E-state index in [1.807, 2.05) is 17.5 Å². The summed E-state index contributed by atoms with van der Waals surface area (Å²) in [5.41, 5.74) is 0.681. The van der Waals surface area contributed by atoms with Gasteiger partial charge in [-0.2, -0.15) is 0 Å². The van der Waals surface area contributed by atoms with Gasteiger partial charge in [0, 0.05) is 6.42 Å². The van der Waals surface area contributed by atoms with Crippen molar-refractivity contribution in [2.24, 2.45) is 0 Å². The van der Waals surface area contributed by atoms with Gasteiger partial charge in [-0.15, -0.1) is 11.3 Å². The van der Waals surface area contributed by atoms with Crippen LogP contribution in [0.5, 0.6) is 0 Å². The summed E-state index contributed by atoms with van der Waals surface area (Å²) in [6.07, 6.45) is 2.00. The van der Waals surface area contributed by atoms with E-state index in [4.69, 9.17) is 9.52 Å². The topological polar surface area (TPSA) is 63.3 Å². The van der Waals surface area contributed by atoms with E-state index < -0.39 is 5.97 Å². The number of oxazole rings is 1. The van der Waals surface area contributed by atoms with Gasteiger partial charge in [0.05, 0.1) is 17.0 Å². The second kappa shape index (κ2) is 4.27. The van der Waals surface area contributed by atoms with Crippen LogP contribution >= 0.6 is 11.3 Å². The van der Waals surface area contributed by atoms with Crippen molar-refractivity contribution >= 4 is 17.3 Å². The second-order valence-electron chi connectivity index (χ2n) is 3.02. The highest BCUT2D eigenvalue weighted by Gasteiger charge is 2.08. The minimum Gasteiger partial charge on any atom is -0.481 e. The minimum atomic E-state index is -0.823. The number of carbonyl (C=O) groups is 1. The summed E-state index contributed by atoms with van der Waals surface area (Å²) in [5.74, 6) is -0.263. The van der Waals surface area contributed by atoms with Crippen molar-refractivity contribution in [3.63, 3.8) is 0 Å². The number of rotatable bonds is 4. The van der Waals surface area contributed by atoms with Gasteiger partial charge in [-0.1, -0.05) is 6.07 Å².